The molecule has 0 saturated carbocycles. The molecule has 4 heteroatoms. The molecular formula is C21H22N2O2. The van der Waals surface area contributed by atoms with Gasteiger partial charge in [0.1, 0.15) is 0 Å². The zero-order chi connectivity index (χ0) is 17.6. The lowest BCUT2D eigenvalue weighted by Gasteiger charge is -2.29. The van der Waals surface area contributed by atoms with Crippen LogP contribution in [0.25, 0.3) is 6.08 Å². The molecule has 1 atom stereocenters. The van der Waals surface area contributed by atoms with Crippen molar-refractivity contribution in [3.05, 3.63) is 77.9 Å². The number of carbonyl (C=O) groups excluding carboxylic acids is 2. The van der Waals surface area contributed by atoms with Gasteiger partial charge in [-0.3, -0.25) is 9.59 Å². The SMILES string of the molecule is CCCN1C(c2ccccc2)CC(=O)N1C(=O)C=Cc1ccccc1. The molecule has 4 nitrogen and oxygen atoms in total. The van der Waals surface area contributed by atoms with Crippen molar-refractivity contribution in [2.45, 2.75) is 25.8 Å². The quantitative estimate of drug-likeness (QED) is 0.780. The molecule has 0 aromatic heterocycles. The largest absolute Gasteiger partial charge is 0.273 e. The molecule has 1 saturated heterocycles. The molecule has 1 aliphatic heterocycles. The number of hydrazine groups is 1. The van der Waals surface area contributed by atoms with Gasteiger partial charge in [-0.1, -0.05) is 67.6 Å². The van der Waals surface area contributed by atoms with Gasteiger partial charge in [0, 0.05) is 12.6 Å². The predicted molar refractivity (Wildman–Crippen MR) is 98.1 cm³/mol. The fourth-order valence-corrected chi connectivity index (χ4v) is 3.14. The first-order valence-electron chi connectivity index (χ1n) is 8.62. The van der Waals surface area contributed by atoms with Crippen molar-refractivity contribution < 1.29 is 9.59 Å². The van der Waals surface area contributed by atoms with E-state index in [9.17, 15) is 9.59 Å². The predicted octanol–water partition coefficient (Wildman–Crippen LogP) is 3.83. The highest BCUT2D eigenvalue weighted by atomic mass is 16.2. The number of carbonyl (C=O) groups is 2. The monoisotopic (exact) mass is 334 g/mol. The van der Waals surface area contributed by atoms with Crippen molar-refractivity contribution in [3.8, 4) is 0 Å². The van der Waals surface area contributed by atoms with Crippen molar-refractivity contribution in [2.24, 2.45) is 0 Å². The van der Waals surface area contributed by atoms with E-state index in [1.807, 2.05) is 72.6 Å². The van der Waals surface area contributed by atoms with Crippen LogP contribution in [0, 0.1) is 0 Å². The summed E-state index contributed by atoms with van der Waals surface area (Å²) in [7, 11) is 0. The van der Waals surface area contributed by atoms with Gasteiger partial charge in [-0.05, 0) is 23.6 Å². The summed E-state index contributed by atoms with van der Waals surface area (Å²) in [6, 6.07) is 19.4. The smallest absolute Gasteiger partial charge is 0.268 e. The summed E-state index contributed by atoms with van der Waals surface area (Å²) in [6.07, 6.45) is 4.41. The first-order valence-corrected chi connectivity index (χ1v) is 8.62. The van der Waals surface area contributed by atoms with Crippen molar-refractivity contribution >= 4 is 17.9 Å². The first kappa shape index (κ1) is 17.1. The van der Waals surface area contributed by atoms with Gasteiger partial charge >= 0.3 is 0 Å². The lowest BCUT2D eigenvalue weighted by Crippen LogP contribution is -2.43. The van der Waals surface area contributed by atoms with E-state index in [0.29, 0.717) is 13.0 Å². The molecular weight excluding hydrogens is 312 g/mol. The third-order valence-electron chi connectivity index (χ3n) is 4.28. The minimum absolute atomic E-state index is 0.0808. The molecule has 2 amide bonds. The lowest BCUT2D eigenvalue weighted by atomic mass is 10.0. The average Bonchev–Trinajstić information content (AvgIpc) is 2.98. The topological polar surface area (TPSA) is 40.6 Å². The Bertz CT molecular complexity index is 756. The van der Waals surface area contributed by atoms with E-state index in [4.69, 9.17) is 0 Å². The molecule has 25 heavy (non-hydrogen) atoms. The van der Waals surface area contributed by atoms with Gasteiger partial charge in [0.25, 0.3) is 5.91 Å². The number of imide groups is 1. The molecule has 0 radical (unpaired) electrons. The molecule has 128 valence electrons. The van der Waals surface area contributed by atoms with Crippen LogP contribution in [0.15, 0.2) is 66.7 Å². The summed E-state index contributed by atoms with van der Waals surface area (Å²) >= 11 is 0. The molecule has 0 aliphatic carbocycles. The second-order valence-electron chi connectivity index (χ2n) is 6.08. The van der Waals surface area contributed by atoms with E-state index in [0.717, 1.165) is 17.5 Å². The van der Waals surface area contributed by atoms with Crippen LogP contribution < -0.4 is 0 Å². The second kappa shape index (κ2) is 7.90. The first-order chi connectivity index (χ1) is 12.2. The van der Waals surface area contributed by atoms with Crippen LogP contribution in [-0.4, -0.2) is 28.4 Å². The van der Waals surface area contributed by atoms with E-state index >= 15 is 0 Å². The van der Waals surface area contributed by atoms with Crippen LogP contribution in [0.4, 0.5) is 0 Å². The van der Waals surface area contributed by atoms with Gasteiger partial charge in [-0.25, -0.2) is 10.0 Å². The highest BCUT2D eigenvalue weighted by Gasteiger charge is 2.40. The number of rotatable bonds is 5. The summed E-state index contributed by atoms with van der Waals surface area (Å²) < 4.78 is 0. The van der Waals surface area contributed by atoms with Crippen molar-refractivity contribution in [3.63, 3.8) is 0 Å². The van der Waals surface area contributed by atoms with Gasteiger partial charge in [-0.15, -0.1) is 0 Å². The Morgan fingerprint density at radius 2 is 1.72 bits per heavy atom. The number of amides is 2. The van der Waals surface area contributed by atoms with Crippen LogP contribution in [0.3, 0.4) is 0 Å². The number of hydrogen-bond donors (Lipinski definition) is 0. The Hall–Kier alpha value is -2.72. The minimum Gasteiger partial charge on any atom is -0.273 e. The molecule has 3 rings (SSSR count). The van der Waals surface area contributed by atoms with Crippen LogP contribution in [-0.2, 0) is 9.59 Å². The Morgan fingerprint density at radius 1 is 1.08 bits per heavy atom. The fourth-order valence-electron chi connectivity index (χ4n) is 3.14. The molecule has 0 spiro atoms. The maximum Gasteiger partial charge on any atom is 0.268 e. The summed E-state index contributed by atoms with van der Waals surface area (Å²) in [5, 5.41) is 3.20. The van der Waals surface area contributed by atoms with E-state index in [1.165, 1.54) is 11.1 Å². The minimum atomic E-state index is -0.291. The van der Waals surface area contributed by atoms with Crippen molar-refractivity contribution in [2.75, 3.05) is 6.54 Å². The van der Waals surface area contributed by atoms with Gasteiger partial charge in [0.15, 0.2) is 0 Å². The van der Waals surface area contributed by atoms with Crippen LogP contribution >= 0.6 is 0 Å². The Labute approximate surface area is 148 Å². The van der Waals surface area contributed by atoms with Crippen molar-refractivity contribution in [1.82, 2.24) is 10.0 Å². The molecule has 0 N–H and O–H groups in total. The molecule has 1 aliphatic rings. The summed E-state index contributed by atoms with van der Waals surface area (Å²) in [5.74, 6) is -0.439. The third kappa shape index (κ3) is 3.86. The lowest BCUT2D eigenvalue weighted by molar-refractivity contribution is -0.153. The number of hydrogen-bond acceptors (Lipinski definition) is 3. The van der Waals surface area contributed by atoms with Gasteiger partial charge in [0.05, 0.1) is 12.5 Å². The van der Waals surface area contributed by atoms with E-state index in [1.54, 1.807) is 6.08 Å². The molecule has 1 heterocycles. The van der Waals surface area contributed by atoms with Gasteiger partial charge < -0.3 is 0 Å². The molecule has 0 bridgehead atoms. The average molecular weight is 334 g/mol. The maximum absolute atomic E-state index is 12.7. The highest BCUT2D eigenvalue weighted by Crippen LogP contribution is 2.33. The highest BCUT2D eigenvalue weighted by molar-refractivity contribution is 6.03. The second-order valence-corrected chi connectivity index (χ2v) is 6.08. The summed E-state index contributed by atoms with van der Waals surface area (Å²) in [4.78, 5) is 25.2. The van der Waals surface area contributed by atoms with Crippen molar-refractivity contribution in [1.29, 1.82) is 0 Å². The van der Waals surface area contributed by atoms with Crippen LogP contribution in [0.1, 0.15) is 36.9 Å². The molecule has 1 unspecified atom stereocenters. The standard InChI is InChI=1S/C21H22N2O2/c1-2-15-22-19(18-11-7-4-8-12-18)16-21(25)23(22)20(24)14-13-17-9-5-3-6-10-17/h3-14,19H,2,15-16H2,1H3. The third-order valence-corrected chi connectivity index (χ3v) is 4.28. The normalized spacial score (nSPS) is 18.2. The van der Waals surface area contributed by atoms with E-state index < -0.39 is 0 Å². The Morgan fingerprint density at radius 3 is 2.36 bits per heavy atom. The Kier molecular flexibility index (Phi) is 5.41. The van der Waals surface area contributed by atoms with Gasteiger partial charge in [-0.2, -0.15) is 0 Å². The van der Waals surface area contributed by atoms with Crippen LogP contribution in [0.5, 0.6) is 0 Å². The maximum atomic E-state index is 12.7. The molecule has 2 aromatic rings. The number of nitrogens with zero attached hydrogens (tertiary/aromatic N) is 2. The summed E-state index contributed by atoms with van der Waals surface area (Å²) in [6.45, 7) is 2.71. The zero-order valence-corrected chi connectivity index (χ0v) is 14.3. The van der Waals surface area contributed by atoms with E-state index in [2.05, 4.69) is 0 Å². The molecule has 1 fully saturated rings. The van der Waals surface area contributed by atoms with E-state index in [-0.39, 0.29) is 17.9 Å². The van der Waals surface area contributed by atoms with Gasteiger partial charge in [0.2, 0.25) is 5.91 Å². The molecule has 2 aromatic carbocycles. The zero-order valence-electron chi connectivity index (χ0n) is 14.3. The fraction of sp³-hybridized carbons (Fsp3) is 0.238. The summed E-state index contributed by atoms with van der Waals surface area (Å²) in [5.41, 5.74) is 2.00. The van der Waals surface area contributed by atoms with Crippen LogP contribution in [0.2, 0.25) is 0 Å². The Balaban J connectivity index is 1.82. The number of benzene rings is 2.